The summed E-state index contributed by atoms with van der Waals surface area (Å²) in [7, 11) is 4.24. The van der Waals surface area contributed by atoms with Gasteiger partial charge in [-0.2, -0.15) is 0 Å². The number of nitrogens with one attached hydrogen (secondary N) is 1. The van der Waals surface area contributed by atoms with E-state index in [9.17, 15) is 4.79 Å². The average molecular weight is 306 g/mol. The number of nitrogens with zero attached hydrogens (tertiary/aromatic N) is 3. The van der Waals surface area contributed by atoms with Gasteiger partial charge in [0.15, 0.2) is 5.82 Å². The van der Waals surface area contributed by atoms with Crippen LogP contribution in [-0.4, -0.2) is 41.6 Å². The molecule has 5 heteroatoms. The Morgan fingerprint density at radius 3 is 2.64 bits per heavy atom. The van der Waals surface area contributed by atoms with Crippen molar-refractivity contribution in [2.24, 2.45) is 11.3 Å². The van der Waals surface area contributed by atoms with Crippen LogP contribution in [0.25, 0.3) is 0 Å². The van der Waals surface area contributed by atoms with E-state index in [4.69, 9.17) is 0 Å². The van der Waals surface area contributed by atoms with Gasteiger partial charge in [0.25, 0.3) is 5.56 Å². The van der Waals surface area contributed by atoms with Gasteiger partial charge in [-0.05, 0) is 32.9 Å². The van der Waals surface area contributed by atoms with Gasteiger partial charge in [0.2, 0.25) is 0 Å². The minimum Gasteiger partial charge on any atom is -0.365 e. The molecule has 22 heavy (non-hydrogen) atoms. The maximum absolute atomic E-state index is 12.5. The zero-order valence-corrected chi connectivity index (χ0v) is 14.4. The SMILES string of the molecule is CC(C)Cn1ccnc(NCC2(CN(C)C)CCCC2)c1=O. The van der Waals surface area contributed by atoms with E-state index < -0.39 is 0 Å². The van der Waals surface area contributed by atoms with Crippen LogP contribution in [0.3, 0.4) is 0 Å². The van der Waals surface area contributed by atoms with E-state index in [0.717, 1.165) is 19.6 Å². The minimum atomic E-state index is -0.00537. The molecule has 2 rings (SSSR count). The molecule has 1 aliphatic rings. The molecule has 124 valence electrons. The maximum atomic E-state index is 12.5. The van der Waals surface area contributed by atoms with E-state index in [-0.39, 0.29) is 11.0 Å². The second kappa shape index (κ2) is 7.27. The Balaban J connectivity index is 2.08. The smallest absolute Gasteiger partial charge is 0.293 e. The predicted molar refractivity (Wildman–Crippen MR) is 91.3 cm³/mol. The molecule has 0 aromatic carbocycles. The van der Waals surface area contributed by atoms with Gasteiger partial charge in [-0.3, -0.25) is 4.79 Å². The Morgan fingerprint density at radius 1 is 1.36 bits per heavy atom. The van der Waals surface area contributed by atoms with Crippen molar-refractivity contribution in [3.8, 4) is 0 Å². The van der Waals surface area contributed by atoms with E-state index in [1.165, 1.54) is 25.7 Å². The zero-order chi connectivity index (χ0) is 16.2. The third-order valence-corrected chi connectivity index (χ3v) is 4.42. The lowest BCUT2D eigenvalue weighted by atomic mass is 9.85. The summed E-state index contributed by atoms with van der Waals surface area (Å²) in [4.78, 5) is 19.0. The maximum Gasteiger partial charge on any atom is 0.293 e. The molecule has 1 fully saturated rings. The highest BCUT2D eigenvalue weighted by Crippen LogP contribution is 2.38. The van der Waals surface area contributed by atoms with Gasteiger partial charge in [0.05, 0.1) is 0 Å². The molecule has 0 aliphatic heterocycles. The largest absolute Gasteiger partial charge is 0.365 e. The van der Waals surface area contributed by atoms with E-state index in [0.29, 0.717) is 11.7 Å². The summed E-state index contributed by atoms with van der Waals surface area (Å²) in [5, 5.41) is 3.34. The Bertz CT molecular complexity index is 530. The summed E-state index contributed by atoms with van der Waals surface area (Å²) < 4.78 is 1.76. The van der Waals surface area contributed by atoms with Crippen LogP contribution >= 0.6 is 0 Å². The van der Waals surface area contributed by atoms with Crippen molar-refractivity contribution in [2.75, 3.05) is 32.5 Å². The summed E-state index contributed by atoms with van der Waals surface area (Å²) in [6, 6.07) is 0. The summed E-state index contributed by atoms with van der Waals surface area (Å²) in [6.07, 6.45) is 8.53. The van der Waals surface area contributed by atoms with Gasteiger partial charge in [-0.25, -0.2) is 4.98 Å². The first-order valence-electron chi connectivity index (χ1n) is 8.36. The van der Waals surface area contributed by atoms with Crippen molar-refractivity contribution in [2.45, 2.75) is 46.1 Å². The second-order valence-electron chi connectivity index (χ2n) is 7.43. The zero-order valence-electron chi connectivity index (χ0n) is 14.4. The van der Waals surface area contributed by atoms with Crippen molar-refractivity contribution in [1.82, 2.24) is 14.5 Å². The van der Waals surface area contributed by atoms with E-state index in [1.807, 2.05) is 0 Å². The molecule has 0 bridgehead atoms. The van der Waals surface area contributed by atoms with E-state index >= 15 is 0 Å². The van der Waals surface area contributed by atoms with Crippen molar-refractivity contribution in [1.29, 1.82) is 0 Å². The fourth-order valence-corrected chi connectivity index (χ4v) is 3.56. The van der Waals surface area contributed by atoms with Crippen LogP contribution in [0.2, 0.25) is 0 Å². The number of anilines is 1. The summed E-state index contributed by atoms with van der Waals surface area (Å²) in [6.45, 7) is 6.86. The van der Waals surface area contributed by atoms with Crippen molar-refractivity contribution in [3.63, 3.8) is 0 Å². The lowest BCUT2D eigenvalue weighted by Crippen LogP contribution is -2.38. The molecular weight excluding hydrogens is 276 g/mol. The summed E-state index contributed by atoms with van der Waals surface area (Å²) in [5.41, 5.74) is 0.269. The van der Waals surface area contributed by atoms with Crippen molar-refractivity contribution in [3.05, 3.63) is 22.7 Å². The Morgan fingerprint density at radius 2 is 2.05 bits per heavy atom. The van der Waals surface area contributed by atoms with Crippen molar-refractivity contribution >= 4 is 5.82 Å². The normalized spacial score (nSPS) is 17.4. The molecule has 1 aromatic rings. The molecule has 0 atom stereocenters. The van der Waals surface area contributed by atoms with Crippen LogP contribution in [-0.2, 0) is 6.54 Å². The van der Waals surface area contributed by atoms with Crippen LogP contribution in [0.5, 0.6) is 0 Å². The van der Waals surface area contributed by atoms with Crippen LogP contribution in [0.15, 0.2) is 17.2 Å². The van der Waals surface area contributed by atoms with Gasteiger partial charge in [0, 0.05) is 37.4 Å². The Kier molecular flexibility index (Phi) is 5.62. The van der Waals surface area contributed by atoms with Gasteiger partial charge >= 0.3 is 0 Å². The molecule has 0 saturated heterocycles. The monoisotopic (exact) mass is 306 g/mol. The summed E-state index contributed by atoms with van der Waals surface area (Å²) >= 11 is 0. The number of hydrogen-bond donors (Lipinski definition) is 1. The molecule has 0 radical (unpaired) electrons. The number of aromatic nitrogens is 2. The molecule has 1 N–H and O–H groups in total. The standard InChI is InChI=1S/C17H30N4O/c1-14(2)11-21-10-9-18-15(16(21)22)19-12-17(13-20(3)4)7-5-6-8-17/h9-10,14H,5-8,11-13H2,1-4H3,(H,18,19). The number of hydrogen-bond acceptors (Lipinski definition) is 4. The first-order valence-corrected chi connectivity index (χ1v) is 8.36. The molecule has 1 saturated carbocycles. The summed E-state index contributed by atoms with van der Waals surface area (Å²) in [5.74, 6) is 0.941. The van der Waals surface area contributed by atoms with Gasteiger partial charge in [-0.15, -0.1) is 0 Å². The van der Waals surface area contributed by atoms with Crippen LogP contribution in [0.4, 0.5) is 5.82 Å². The van der Waals surface area contributed by atoms with Crippen LogP contribution < -0.4 is 10.9 Å². The van der Waals surface area contributed by atoms with E-state index in [2.05, 4.69) is 43.1 Å². The second-order valence-corrected chi connectivity index (χ2v) is 7.43. The first-order chi connectivity index (χ1) is 10.4. The van der Waals surface area contributed by atoms with Gasteiger partial charge in [-0.1, -0.05) is 26.7 Å². The molecule has 0 amide bonds. The first kappa shape index (κ1) is 17.0. The molecule has 0 spiro atoms. The molecular formula is C17H30N4O. The quantitative estimate of drug-likeness (QED) is 0.840. The fraction of sp³-hybridized carbons (Fsp3) is 0.765. The average Bonchev–Trinajstić information content (AvgIpc) is 2.87. The highest BCUT2D eigenvalue weighted by molar-refractivity contribution is 5.31. The van der Waals surface area contributed by atoms with Gasteiger partial charge in [0.1, 0.15) is 0 Å². The van der Waals surface area contributed by atoms with Crippen molar-refractivity contribution < 1.29 is 0 Å². The van der Waals surface area contributed by atoms with E-state index in [1.54, 1.807) is 17.0 Å². The third kappa shape index (κ3) is 4.32. The third-order valence-electron chi connectivity index (χ3n) is 4.42. The lowest BCUT2D eigenvalue weighted by molar-refractivity contribution is 0.215. The fourth-order valence-electron chi connectivity index (χ4n) is 3.56. The highest BCUT2D eigenvalue weighted by Gasteiger charge is 2.34. The Labute approximate surface area is 133 Å². The lowest BCUT2D eigenvalue weighted by Gasteiger charge is -2.32. The molecule has 5 nitrogen and oxygen atoms in total. The number of rotatable bonds is 7. The Hall–Kier alpha value is -1.36. The van der Waals surface area contributed by atoms with Gasteiger partial charge < -0.3 is 14.8 Å². The molecule has 1 aromatic heterocycles. The van der Waals surface area contributed by atoms with Crippen LogP contribution in [0, 0.1) is 11.3 Å². The molecule has 0 unspecified atom stereocenters. The molecule has 1 heterocycles. The topological polar surface area (TPSA) is 50.2 Å². The minimum absolute atomic E-state index is 0.00537. The predicted octanol–water partition coefficient (Wildman–Crippen LogP) is 2.43. The highest BCUT2D eigenvalue weighted by atomic mass is 16.1. The van der Waals surface area contributed by atoms with Crippen LogP contribution in [0.1, 0.15) is 39.5 Å². The molecule has 1 aliphatic carbocycles.